The van der Waals surface area contributed by atoms with Crippen molar-refractivity contribution < 1.29 is 13.2 Å². The number of hydrogen-bond donors (Lipinski definition) is 1. The summed E-state index contributed by atoms with van der Waals surface area (Å²) in [5.74, 6) is -0.0256. The summed E-state index contributed by atoms with van der Waals surface area (Å²) in [6, 6.07) is 0. The molecule has 0 spiro atoms. The maximum Gasteiger partial charge on any atom is 0.312 e. The second-order valence-electron chi connectivity index (χ2n) is 2.29. The van der Waals surface area contributed by atoms with Crippen LogP contribution in [0.5, 0.6) is 0 Å². The molecule has 0 aromatic heterocycles. The highest BCUT2D eigenvalue weighted by Gasteiger charge is 2.16. The van der Waals surface area contributed by atoms with Crippen molar-refractivity contribution in [3.8, 4) is 0 Å². The highest BCUT2D eigenvalue weighted by atomic mass is 32.2. The number of sulfonamides is 1. The van der Waals surface area contributed by atoms with Gasteiger partial charge in [-0.15, -0.1) is 0 Å². The van der Waals surface area contributed by atoms with E-state index in [9.17, 15) is 13.2 Å². The van der Waals surface area contributed by atoms with Crippen LogP contribution in [0, 0.1) is 0 Å². The predicted molar refractivity (Wildman–Crippen MR) is 39.1 cm³/mol. The molecular formula is C5H9N2O3S. The molecule has 0 aliphatic carbocycles. The van der Waals surface area contributed by atoms with Gasteiger partial charge in [0.25, 0.3) is 0 Å². The highest BCUT2D eigenvalue weighted by Crippen LogP contribution is 1.93. The van der Waals surface area contributed by atoms with Crippen LogP contribution in [0.25, 0.3) is 0 Å². The topological polar surface area (TPSA) is 66.5 Å². The molecule has 1 aliphatic rings. The van der Waals surface area contributed by atoms with E-state index < -0.39 is 10.0 Å². The van der Waals surface area contributed by atoms with Gasteiger partial charge in [0.15, 0.2) is 0 Å². The van der Waals surface area contributed by atoms with Crippen LogP contribution in [0.4, 0.5) is 0 Å². The first-order valence-electron chi connectivity index (χ1n) is 3.24. The maximum atomic E-state index is 10.9. The molecule has 5 nitrogen and oxygen atoms in total. The van der Waals surface area contributed by atoms with Crippen molar-refractivity contribution in [1.29, 1.82) is 0 Å². The minimum absolute atomic E-state index is 0.0256. The van der Waals surface area contributed by atoms with Crippen molar-refractivity contribution >= 4 is 16.4 Å². The summed E-state index contributed by atoms with van der Waals surface area (Å²) in [6.45, 7) is 0.930. The molecule has 11 heavy (non-hydrogen) atoms. The van der Waals surface area contributed by atoms with Crippen molar-refractivity contribution in [2.45, 2.75) is 0 Å². The number of nitrogens with zero attached hydrogens (tertiary/aromatic N) is 1. The molecule has 0 aromatic rings. The van der Waals surface area contributed by atoms with Crippen LogP contribution in [0.15, 0.2) is 0 Å². The third kappa shape index (κ3) is 2.47. The molecule has 6 heteroatoms. The van der Waals surface area contributed by atoms with Gasteiger partial charge in [-0.2, -0.15) is 0 Å². The molecule has 0 bridgehead atoms. The quantitative estimate of drug-likeness (QED) is 0.518. The van der Waals surface area contributed by atoms with Gasteiger partial charge in [0.2, 0.25) is 10.0 Å². The zero-order valence-electron chi connectivity index (χ0n) is 5.91. The molecule has 0 atom stereocenters. The van der Waals surface area contributed by atoms with E-state index in [1.54, 1.807) is 6.41 Å². The lowest BCUT2D eigenvalue weighted by molar-refractivity contribution is 0.406. The Morgan fingerprint density at radius 1 is 1.36 bits per heavy atom. The maximum absolute atomic E-state index is 10.9. The minimum Gasteiger partial charge on any atom is -0.332 e. The van der Waals surface area contributed by atoms with E-state index in [0.29, 0.717) is 6.54 Å². The summed E-state index contributed by atoms with van der Waals surface area (Å²) < 4.78 is 24.1. The van der Waals surface area contributed by atoms with E-state index in [2.05, 4.69) is 4.72 Å². The SMILES string of the molecule is O=[C]N1CCNS(=O)(=O)CC1. The molecular weight excluding hydrogens is 168 g/mol. The lowest BCUT2D eigenvalue weighted by Crippen LogP contribution is -2.27. The van der Waals surface area contributed by atoms with Crippen molar-refractivity contribution in [2.24, 2.45) is 0 Å². The number of rotatable bonds is 1. The lowest BCUT2D eigenvalue weighted by Gasteiger charge is -2.08. The Labute approximate surface area is 65.4 Å². The summed E-state index contributed by atoms with van der Waals surface area (Å²) in [7, 11) is -3.13. The summed E-state index contributed by atoms with van der Waals surface area (Å²) in [4.78, 5) is 11.4. The van der Waals surface area contributed by atoms with Crippen LogP contribution >= 0.6 is 0 Å². The normalized spacial score (nSPS) is 24.2. The Bertz CT molecular complexity index is 236. The second kappa shape index (κ2) is 3.19. The third-order valence-corrected chi connectivity index (χ3v) is 2.83. The van der Waals surface area contributed by atoms with E-state index in [0.717, 1.165) is 0 Å². The fraction of sp³-hybridized carbons (Fsp3) is 0.800. The smallest absolute Gasteiger partial charge is 0.312 e. The summed E-state index contributed by atoms with van der Waals surface area (Å²) in [6.07, 6.45) is 1.66. The molecule has 1 heterocycles. The molecule has 63 valence electrons. The average molecular weight is 177 g/mol. The van der Waals surface area contributed by atoms with Crippen LogP contribution in [-0.2, 0) is 14.8 Å². The zero-order chi connectivity index (χ0) is 8.32. The first kappa shape index (κ1) is 8.48. The molecule has 1 rings (SSSR count). The Balaban J connectivity index is 2.59. The van der Waals surface area contributed by atoms with Crippen LogP contribution in [0.3, 0.4) is 0 Å². The van der Waals surface area contributed by atoms with Gasteiger partial charge >= 0.3 is 6.41 Å². The van der Waals surface area contributed by atoms with Crippen molar-refractivity contribution in [3.63, 3.8) is 0 Å². The van der Waals surface area contributed by atoms with Crippen molar-refractivity contribution in [3.05, 3.63) is 0 Å². The minimum atomic E-state index is -3.13. The fourth-order valence-electron chi connectivity index (χ4n) is 0.842. The van der Waals surface area contributed by atoms with E-state index in [1.165, 1.54) is 4.90 Å². The van der Waals surface area contributed by atoms with Crippen LogP contribution < -0.4 is 4.72 Å². The number of carbonyl (C=O) groups excluding carboxylic acids is 1. The molecule has 1 saturated heterocycles. The van der Waals surface area contributed by atoms with Gasteiger partial charge in [0, 0.05) is 19.6 Å². The monoisotopic (exact) mass is 177 g/mol. The fourth-order valence-corrected chi connectivity index (χ4v) is 1.85. The van der Waals surface area contributed by atoms with E-state index in [1.807, 2.05) is 0 Å². The van der Waals surface area contributed by atoms with Gasteiger partial charge < -0.3 is 4.90 Å². The Morgan fingerprint density at radius 3 is 2.73 bits per heavy atom. The molecule has 1 aliphatic heterocycles. The number of hydrogen-bond acceptors (Lipinski definition) is 3. The van der Waals surface area contributed by atoms with Crippen LogP contribution in [-0.4, -0.2) is 45.1 Å². The molecule has 1 radical (unpaired) electrons. The molecule has 0 unspecified atom stereocenters. The first-order chi connectivity index (χ1) is 5.14. The average Bonchev–Trinajstić information content (AvgIpc) is 2.10. The molecule has 1 N–H and O–H groups in total. The molecule has 1 amide bonds. The van der Waals surface area contributed by atoms with Gasteiger partial charge in [-0.25, -0.2) is 13.1 Å². The predicted octanol–water partition coefficient (Wildman–Crippen LogP) is -1.71. The summed E-state index contributed by atoms with van der Waals surface area (Å²) in [5, 5.41) is 0. The van der Waals surface area contributed by atoms with Crippen LogP contribution in [0.1, 0.15) is 0 Å². The van der Waals surface area contributed by atoms with Crippen molar-refractivity contribution in [2.75, 3.05) is 25.4 Å². The Kier molecular flexibility index (Phi) is 2.45. The van der Waals surface area contributed by atoms with E-state index >= 15 is 0 Å². The number of nitrogens with one attached hydrogen (secondary N) is 1. The summed E-state index contributed by atoms with van der Waals surface area (Å²) >= 11 is 0. The van der Waals surface area contributed by atoms with Gasteiger partial charge in [-0.05, 0) is 0 Å². The second-order valence-corrected chi connectivity index (χ2v) is 4.22. The molecule has 0 aromatic carbocycles. The molecule has 1 fully saturated rings. The summed E-state index contributed by atoms with van der Waals surface area (Å²) in [5.41, 5.74) is 0. The highest BCUT2D eigenvalue weighted by molar-refractivity contribution is 7.89. The van der Waals surface area contributed by atoms with Gasteiger partial charge in [-0.3, -0.25) is 4.79 Å². The standard InChI is InChI=1S/C5H9N2O3S/c8-5-7-2-1-6-11(9,10)4-3-7/h6H,1-4H2. The van der Waals surface area contributed by atoms with Crippen molar-refractivity contribution in [1.82, 2.24) is 9.62 Å². The van der Waals surface area contributed by atoms with E-state index in [4.69, 9.17) is 0 Å². The lowest BCUT2D eigenvalue weighted by atomic mass is 10.5. The third-order valence-electron chi connectivity index (χ3n) is 1.46. The Morgan fingerprint density at radius 2 is 2.09 bits per heavy atom. The van der Waals surface area contributed by atoms with Gasteiger partial charge in [0.05, 0.1) is 5.75 Å². The Hall–Kier alpha value is -0.620. The molecule has 0 saturated carbocycles. The van der Waals surface area contributed by atoms with E-state index in [-0.39, 0.29) is 18.8 Å². The first-order valence-corrected chi connectivity index (χ1v) is 4.89. The largest absolute Gasteiger partial charge is 0.332 e. The van der Waals surface area contributed by atoms with Gasteiger partial charge in [-0.1, -0.05) is 0 Å². The zero-order valence-corrected chi connectivity index (χ0v) is 6.73. The van der Waals surface area contributed by atoms with Gasteiger partial charge in [0.1, 0.15) is 0 Å². The van der Waals surface area contributed by atoms with Crippen LogP contribution in [0.2, 0.25) is 0 Å². The number of amides is 1.